The SMILES string of the molecule is CCC(C)NC(=O)c1cc(-c2ccccc2)nc2ccc(F)cc12. The van der Waals surface area contributed by atoms with Crippen molar-refractivity contribution in [2.45, 2.75) is 26.3 Å². The van der Waals surface area contributed by atoms with Crippen LogP contribution in [0.3, 0.4) is 0 Å². The minimum atomic E-state index is -0.380. The van der Waals surface area contributed by atoms with Gasteiger partial charge in [-0.05, 0) is 37.6 Å². The van der Waals surface area contributed by atoms with Crippen molar-refractivity contribution in [1.29, 1.82) is 0 Å². The fourth-order valence-corrected chi connectivity index (χ4v) is 2.55. The van der Waals surface area contributed by atoms with Gasteiger partial charge in [-0.3, -0.25) is 4.79 Å². The Bertz CT molecular complexity index is 877. The number of carbonyl (C=O) groups is 1. The molecule has 0 aliphatic heterocycles. The Kier molecular flexibility index (Phi) is 4.56. The fraction of sp³-hybridized carbons (Fsp3) is 0.200. The van der Waals surface area contributed by atoms with E-state index in [4.69, 9.17) is 0 Å². The number of halogens is 1. The lowest BCUT2D eigenvalue weighted by Crippen LogP contribution is -2.32. The Hall–Kier alpha value is -2.75. The number of hydrogen-bond donors (Lipinski definition) is 1. The van der Waals surface area contributed by atoms with Crippen LogP contribution < -0.4 is 5.32 Å². The average Bonchev–Trinajstić information content (AvgIpc) is 2.61. The topological polar surface area (TPSA) is 42.0 Å². The Balaban J connectivity index is 2.17. The largest absolute Gasteiger partial charge is 0.350 e. The molecule has 3 rings (SSSR count). The van der Waals surface area contributed by atoms with Gasteiger partial charge < -0.3 is 5.32 Å². The normalized spacial score (nSPS) is 12.1. The smallest absolute Gasteiger partial charge is 0.252 e. The van der Waals surface area contributed by atoms with Crippen LogP contribution in [0.1, 0.15) is 30.6 Å². The molecule has 0 saturated carbocycles. The molecule has 0 aliphatic rings. The van der Waals surface area contributed by atoms with Gasteiger partial charge in [0.25, 0.3) is 5.91 Å². The maximum absolute atomic E-state index is 13.7. The molecule has 0 spiro atoms. The van der Waals surface area contributed by atoms with Gasteiger partial charge in [-0.25, -0.2) is 9.37 Å². The molecule has 1 unspecified atom stereocenters. The molecule has 0 aliphatic carbocycles. The molecule has 3 aromatic rings. The average molecular weight is 322 g/mol. The van der Waals surface area contributed by atoms with Crippen LogP contribution in [0.5, 0.6) is 0 Å². The summed E-state index contributed by atoms with van der Waals surface area (Å²) in [6.45, 7) is 3.95. The summed E-state index contributed by atoms with van der Waals surface area (Å²) in [6, 6.07) is 15.8. The third-order valence-electron chi connectivity index (χ3n) is 4.07. The lowest BCUT2D eigenvalue weighted by Gasteiger charge is -2.14. The molecule has 3 nitrogen and oxygen atoms in total. The first kappa shape index (κ1) is 16.1. The van der Waals surface area contributed by atoms with Crippen molar-refractivity contribution in [3.63, 3.8) is 0 Å². The van der Waals surface area contributed by atoms with Gasteiger partial charge >= 0.3 is 0 Å². The second-order valence-corrected chi connectivity index (χ2v) is 5.87. The highest BCUT2D eigenvalue weighted by Crippen LogP contribution is 2.25. The van der Waals surface area contributed by atoms with E-state index in [9.17, 15) is 9.18 Å². The Morgan fingerprint density at radius 3 is 2.62 bits per heavy atom. The number of aromatic nitrogens is 1. The van der Waals surface area contributed by atoms with E-state index >= 15 is 0 Å². The number of fused-ring (bicyclic) bond motifs is 1. The van der Waals surface area contributed by atoms with E-state index in [1.165, 1.54) is 12.1 Å². The summed E-state index contributed by atoms with van der Waals surface area (Å²) in [7, 11) is 0. The highest BCUT2D eigenvalue weighted by molar-refractivity contribution is 6.07. The molecule has 1 N–H and O–H groups in total. The van der Waals surface area contributed by atoms with Gasteiger partial charge in [0.2, 0.25) is 0 Å². The number of pyridine rings is 1. The molecule has 0 saturated heterocycles. The summed E-state index contributed by atoms with van der Waals surface area (Å²) >= 11 is 0. The van der Waals surface area contributed by atoms with Crippen molar-refractivity contribution in [3.8, 4) is 11.3 Å². The van der Waals surface area contributed by atoms with Gasteiger partial charge in [0, 0.05) is 17.0 Å². The number of nitrogens with zero attached hydrogens (tertiary/aromatic N) is 1. The van der Waals surface area contributed by atoms with E-state index < -0.39 is 0 Å². The number of rotatable bonds is 4. The van der Waals surface area contributed by atoms with E-state index in [1.54, 1.807) is 12.1 Å². The molecule has 24 heavy (non-hydrogen) atoms. The molecule has 0 bridgehead atoms. The Morgan fingerprint density at radius 2 is 1.92 bits per heavy atom. The lowest BCUT2D eigenvalue weighted by molar-refractivity contribution is 0.0941. The first-order valence-electron chi connectivity index (χ1n) is 8.05. The van der Waals surface area contributed by atoms with Crippen LogP contribution in [-0.2, 0) is 0 Å². The molecule has 0 fully saturated rings. The summed E-state index contributed by atoms with van der Waals surface area (Å²) in [5, 5.41) is 3.47. The lowest BCUT2D eigenvalue weighted by atomic mass is 10.0. The summed E-state index contributed by atoms with van der Waals surface area (Å²) in [5.41, 5.74) is 2.66. The molecule has 1 atom stereocenters. The zero-order chi connectivity index (χ0) is 17.1. The van der Waals surface area contributed by atoms with Crippen LogP contribution >= 0.6 is 0 Å². The summed E-state index contributed by atoms with van der Waals surface area (Å²) in [5.74, 6) is -0.589. The van der Waals surface area contributed by atoms with Crippen LogP contribution in [0.4, 0.5) is 4.39 Å². The van der Waals surface area contributed by atoms with E-state index in [0.717, 1.165) is 12.0 Å². The second kappa shape index (κ2) is 6.79. The van der Waals surface area contributed by atoms with Crippen LogP contribution in [0.15, 0.2) is 54.6 Å². The van der Waals surface area contributed by atoms with Crippen LogP contribution in [0, 0.1) is 5.82 Å². The fourth-order valence-electron chi connectivity index (χ4n) is 2.55. The van der Waals surface area contributed by atoms with E-state index in [-0.39, 0.29) is 17.8 Å². The summed E-state index contributed by atoms with van der Waals surface area (Å²) in [4.78, 5) is 17.2. The third-order valence-corrected chi connectivity index (χ3v) is 4.07. The Morgan fingerprint density at radius 1 is 1.17 bits per heavy atom. The minimum absolute atomic E-state index is 0.0504. The molecule has 2 aromatic carbocycles. The quantitative estimate of drug-likeness (QED) is 0.764. The number of carbonyl (C=O) groups excluding carboxylic acids is 1. The number of benzene rings is 2. The molecule has 1 heterocycles. The number of nitrogens with one attached hydrogen (secondary N) is 1. The predicted molar refractivity (Wildman–Crippen MR) is 94.4 cm³/mol. The van der Waals surface area contributed by atoms with Gasteiger partial charge in [0.15, 0.2) is 0 Å². The zero-order valence-electron chi connectivity index (χ0n) is 13.7. The third kappa shape index (κ3) is 3.27. The summed E-state index contributed by atoms with van der Waals surface area (Å²) < 4.78 is 13.7. The summed E-state index contributed by atoms with van der Waals surface area (Å²) in [6.07, 6.45) is 0.828. The monoisotopic (exact) mass is 322 g/mol. The molecule has 0 radical (unpaired) electrons. The highest BCUT2D eigenvalue weighted by Gasteiger charge is 2.16. The highest BCUT2D eigenvalue weighted by atomic mass is 19.1. The van der Waals surface area contributed by atoms with Crippen molar-refractivity contribution >= 4 is 16.8 Å². The molecule has 122 valence electrons. The number of amides is 1. The van der Waals surface area contributed by atoms with Gasteiger partial charge in [-0.1, -0.05) is 37.3 Å². The maximum Gasteiger partial charge on any atom is 0.252 e. The molecular formula is C20H19FN2O. The van der Waals surface area contributed by atoms with E-state index in [1.807, 2.05) is 44.2 Å². The van der Waals surface area contributed by atoms with E-state index in [2.05, 4.69) is 10.3 Å². The van der Waals surface area contributed by atoms with Gasteiger partial charge in [-0.15, -0.1) is 0 Å². The van der Waals surface area contributed by atoms with E-state index in [0.29, 0.717) is 22.2 Å². The predicted octanol–water partition coefficient (Wildman–Crippen LogP) is 4.57. The molecular weight excluding hydrogens is 303 g/mol. The van der Waals surface area contributed by atoms with Crippen molar-refractivity contribution < 1.29 is 9.18 Å². The van der Waals surface area contributed by atoms with Crippen molar-refractivity contribution in [1.82, 2.24) is 10.3 Å². The maximum atomic E-state index is 13.7. The van der Waals surface area contributed by atoms with Crippen LogP contribution in [0.25, 0.3) is 22.2 Å². The van der Waals surface area contributed by atoms with Gasteiger partial charge in [0.05, 0.1) is 16.8 Å². The molecule has 4 heteroatoms. The molecule has 1 aromatic heterocycles. The first-order chi connectivity index (χ1) is 11.6. The van der Waals surface area contributed by atoms with Crippen molar-refractivity contribution in [2.75, 3.05) is 0 Å². The Labute approximate surface area is 140 Å². The van der Waals surface area contributed by atoms with Crippen molar-refractivity contribution in [3.05, 3.63) is 66.0 Å². The number of hydrogen-bond acceptors (Lipinski definition) is 2. The zero-order valence-corrected chi connectivity index (χ0v) is 13.7. The first-order valence-corrected chi connectivity index (χ1v) is 8.05. The van der Waals surface area contributed by atoms with Gasteiger partial charge in [0.1, 0.15) is 5.82 Å². The van der Waals surface area contributed by atoms with Gasteiger partial charge in [-0.2, -0.15) is 0 Å². The van der Waals surface area contributed by atoms with Crippen LogP contribution in [0.2, 0.25) is 0 Å². The standard InChI is InChI=1S/C20H19FN2O/c1-3-13(2)22-20(24)17-12-19(14-7-5-4-6-8-14)23-18-10-9-15(21)11-16(17)18/h4-13H,3H2,1-2H3,(H,22,24). The minimum Gasteiger partial charge on any atom is -0.350 e. The molecule has 1 amide bonds. The second-order valence-electron chi connectivity index (χ2n) is 5.87. The van der Waals surface area contributed by atoms with Crippen molar-refractivity contribution in [2.24, 2.45) is 0 Å². The van der Waals surface area contributed by atoms with Crippen LogP contribution in [-0.4, -0.2) is 16.9 Å².